The number of piperidine rings is 1. The number of anilines is 3. The lowest BCUT2D eigenvalue weighted by atomic mass is 10.1. The highest BCUT2D eigenvalue weighted by molar-refractivity contribution is 5.43. The van der Waals surface area contributed by atoms with E-state index in [9.17, 15) is 5.11 Å². The average molecular weight is 266 g/mol. The molecule has 1 aliphatic heterocycles. The maximum atomic E-state index is 9.42. The topological polar surface area (TPSA) is 91.4 Å². The third kappa shape index (κ3) is 3.66. The molecule has 1 unspecified atom stereocenters. The van der Waals surface area contributed by atoms with Crippen molar-refractivity contribution in [2.75, 3.05) is 42.2 Å². The van der Waals surface area contributed by atoms with Crippen molar-refractivity contribution >= 4 is 17.8 Å². The summed E-state index contributed by atoms with van der Waals surface area (Å²) in [6.45, 7) is 4.11. The van der Waals surface area contributed by atoms with Gasteiger partial charge in [-0.25, -0.2) is 0 Å². The molecule has 0 amide bonds. The van der Waals surface area contributed by atoms with Gasteiger partial charge in [-0.1, -0.05) is 0 Å². The van der Waals surface area contributed by atoms with Crippen LogP contribution in [0.25, 0.3) is 0 Å². The number of aliphatic hydroxyl groups excluding tert-OH is 1. The monoisotopic (exact) mass is 266 g/mol. The average Bonchev–Trinajstić information content (AvgIpc) is 2.38. The van der Waals surface area contributed by atoms with Crippen molar-refractivity contribution in [3.8, 4) is 0 Å². The van der Waals surface area contributed by atoms with E-state index in [1.165, 1.54) is 6.42 Å². The van der Waals surface area contributed by atoms with Gasteiger partial charge in [0.25, 0.3) is 0 Å². The summed E-state index contributed by atoms with van der Waals surface area (Å²) in [5.74, 6) is 1.37. The molecule has 1 aromatic heterocycles. The Morgan fingerprint density at radius 3 is 2.58 bits per heavy atom. The van der Waals surface area contributed by atoms with E-state index in [0.717, 1.165) is 25.9 Å². The van der Waals surface area contributed by atoms with Gasteiger partial charge in [0.1, 0.15) is 0 Å². The minimum absolute atomic E-state index is 0.225. The molecular weight excluding hydrogens is 244 g/mol. The SMILES string of the molecule is CC(O)CN(C)c1nc(N)nc(N2CCCCC2)n1. The van der Waals surface area contributed by atoms with E-state index in [0.29, 0.717) is 18.4 Å². The second-order valence-corrected chi connectivity index (χ2v) is 5.07. The second kappa shape index (κ2) is 6.01. The Labute approximate surface area is 113 Å². The van der Waals surface area contributed by atoms with Crippen LogP contribution in [-0.4, -0.2) is 52.8 Å². The highest BCUT2D eigenvalue weighted by atomic mass is 16.3. The molecule has 0 aromatic carbocycles. The summed E-state index contributed by atoms with van der Waals surface area (Å²) in [6, 6.07) is 0. The molecule has 7 heteroatoms. The Morgan fingerprint density at radius 1 is 1.26 bits per heavy atom. The predicted octanol–water partition coefficient (Wildman–Crippen LogP) is 0.261. The fourth-order valence-corrected chi connectivity index (χ4v) is 2.25. The Balaban J connectivity index is 2.18. The smallest absolute Gasteiger partial charge is 0.231 e. The lowest BCUT2D eigenvalue weighted by Gasteiger charge is -2.27. The van der Waals surface area contributed by atoms with Gasteiger partial charge < -0.3 is 20.6 Å². The van der Waals surface area contributed by atoms with E-state index in [-0.39, 0.29) is 5.95 Å². The second-order valence-electron chi connectivity index (χ2n) is 5.07. The van der Waals surface area contributed by atoms with Crippen LogP contribution < -0.4 is 15.5 Å². The van der Waals surface area contributed by atoms with Gasteiger partial charge in [-0.3, -0.25) is 0 Å². The van der Waals surface area contributed by atoms with Crippen molar-refractivity contribution in [3.63, 3.8) is 0 Å². The van der Waals surface area contributed by atoms with Gasteiger partial charge in [0, 0.05) is 26.7 Å². The van der Waals surface area contributed by atoms with Gasteiger partial charge in [-0.15, -0.1) is 0 Å². The van der Waals surface area contributed by atoms with Crippen LogP contribution in [0.1, 0.15) is 26.2 Å². The third-order valence-corrected chi connectivity index (χ3v) is 3.15. The van der Waals surface area contributed by atoms with Crippen molar-refractivity contribution < 1.29 is 5.11 Å². The van der Waals surface area contributed by atoms with Gasteiger partial charge in [0.2, 0.25) is 17.8 Å². The lowest BCUT2D eigenvalue weighted by molar-refractivity contribution is 0.201. The van der Waals surface area contributed by atoms with Crippen LogP contribution in [0.15, 0.2) is 0 Å². The van der Waals surface area contributed by atoms with Crippen molar-refractivity contribution in [1.82, 2.24) is 15.0 Å². The zero-order valence-corrected chi connectivity index (χ0v) is 11.6. The van der Waals surface area contributed by atoms with E-state index in [1.54, 1.807) is 11.8 Å². The quantitative estimate of drug-likeness (QED) is 0.807. The summed E-state index contributed by atoms with van der Waals surface area (Å²) in [7, 11) is 1.83. The fraction of sp³-hybridized carbons (Fsp3) is 0.750. The van der Waals surface area contributed by atoms with E-state index >= 15 is 0 Å². The highest BCUT2D eigenvalue weighted by Crippen LogP contribution is 2.18. The number of hydrogen-bond donors (Lipinski definition) is 2. The number of likely N-dealkylation sites (N-methyl/N-ethyl adjacent to an activating group) is 1. The number of rotatable bonds is 4. The predicted molar refractivity (Wildman–Crippen MR) is 75.3 cm³/mol. The molecule has 0 aliphatic carbocycles. The zero-order chi connectivity index (χ0) is 13.8. The minimum atomic E-state index is -0.443. The summed E-state index contributed by atoms with van der Waals surface area (Å²) in [4.78, 5) is 16.7. The largest absolute Gasteiger partial charge is 0.392 e. The highest BCUT2D eigenvalue weighted by Gasteiger charge is 2.17. The molecule has 2 heterocycles. The van der Waals surface area contributed by atoms with Gasteiger partial charge in [-0.2, -0.15) is 15.0 Å². The van der Waals surface area contributed by atoms with Crippen LogP contribution in [-0.2, 0) is 0 Å². The molecule has 0 bridgehead atoms. The Bertz CT molecular complexity index is 419. The van der Waals surface area contributed by atoms with Gasteiger partial charge in [0.15, 0.2) is 0 Å². The molecule has 0 spiro atoms. The number of aliphatic hydroxyl groups is 1. The molecule has 1 fully saturated rings. The Kier molecular flexibility index (Phi) is 4.36. The van der Waals surface area contributed by atoms with Crippen molar-refractivity contribution in [2.45, 2.75) is 32.3 Å². The van der Waals surface area contributed by atoms with E-state index in [1.807, 2.05) is 7.05 Å². The molecule has 106 valence electrons. The summed E-state index contributed by atoms with van der Waals surface area (Å²) >= 11 is 0. The molecule has 1 aliphatic rings. The molecule has 2 rings (SSSR count). The molecule has 0 radical (unpaired) electrons. The summed E-state index contributed by atoms with van der Waals surface area (Å²) in [5.41, 5.74) is 5.76. The first kappa shape index (κ1) is 13.8. The Morgan fingerprint density at radius 2 is 1.95 bits per heavy atom. The molecule has 7 nitrogen and oxygen atoms in total. The lowest BCUT2D eigenvalue weighted by Crippen LogP contribution is -2.33. The number of hydrogen-bond acceptors (Lipinski definition) is 7. The number of aromatic nitrogens is 3. The Hall–Kier alpha value is -1.63. The van der Waals surface area contributed by atoms with Crippen LogP contribution in [0.2, 0.25) is 0 Å². The first-order valence-electron chi connectivity index (χ1n) is 6.72. The van der Waals surface area contributed by atoms with Crippen LogP contribution in [0.5, 0.6) is 0 Å². The molecule has 1 saturated heterocycles. The van der Waals surface area contributed by atoms with Gasteiger partial charge >= 0.3 is 0 Å². The maximum Gasteiger partial charge on any atom is 0.231 e. The van der Waals surface area contributed by atoms with E-state index < -0.39 is 6.10 Å². The van der Waals surface area contributed by atoms with Crippen LogP contribution in [0.4, 0.5) is 17.8 Å². The number of nitrogens with two attached hydrogens (primary N) is 1. The van der Waals surface area contributed by atoms with Crippen molar-refractivity contribution in [3.05, 3.63) is 0 Å². The van der Waals surface area contributed by atoms with Crippen LogP contribution in [0.3, 0.4) is 0 Å². The first-order chi connectivity index (χ1) is 9.06. The van der Waals surface area contributed by atoms with Crippen LogP contribution in [0, 0.1) is 0 Å². The molecule has 0 saturated carbocycles. The summed E-state index contributed by atoms with van der Waals surface area (Å²) < 4.78 is 0. The van der Waals surface area contributed by atoms with Crippen molar-refractivity contribution in [2.24, 2.45) is 0 Å². The number of nitrogens with zero attached hydrogens (tertiary/aromatic N) is 5. The molecule has 1 atom stereocenters. The third-order valence-electron chi connectivity index (χ3n) is 3.15. The van der Waals surface area contributed by atoms with Gasteiger partial charge in [0.05, 0.1) is 6.10 Å². The summed E-state index contributed by atoms with van der Waals surface area (Å²) in [5, 5.41) is 9.42. The van der Waals surface area contributed by atoms with Crippen molar-refractivity contribution in [1.29, 1.82) is 0 Å². The van der Waals surface area contributed by atoms with Gasteiger partial charge in [-0.05, 0) is 26.2 Å². The standard InChI is InChI=1S/C12H22N6O/c1-9(19)8-17(2)11-14-10(13)15-12(16-11)18-6-4-3-5-7-18/h9,19H,3-8H2,1-2H3,(H2,13,14,15,16). The normalized spacial score (nSPS) is 17.3. The minimum Gasteiger partial charge on any atom is -0.392 e. The molecule has 3 N–H and O–H groups in total. The summed E-state index contributed by atoms with van der Waals surface area (Å²) in [6.07, 6.45) is 3.13. The van der Waals surface area contributed by atoms with Crippen LogP contribution >= 0.6 is 0 Å². The first-order valence-corrected chi connectivity index (χ1v) is 6.72. The maximum absolute atomic E-state index is 9.42. The zero-order valence-electron chi connectivity index (χ0n) is 11.6. The fourth-order valence-electron chi connectivity index (χ4n) is 2.25. The van der Waals surface area contributed by atoms with E-state index in [2.05, 4.69) is 19.9 Å². The molecule has 1 aromatic rings. The molecular formula is C12H22N6O. The van der Waals surface area contributed by atoms with E-state index in [4.69, 9.17) is 5.73 Å². The number of nitrogen functional groups attached to an aromatic ring is 1. The molecule has 19 heavy (non-hydrogen) atoms.